The Labute approximate surface area is 168 Å². The lowest BCUT2D eigenvalue weighted by molar-refractivity contribution is -0.116. The molecule has 0 N–H and O–H groups in total. The van der Waals surface area contributed by atoms with E-state index in [1.54, 1.807) is 19.2 Å². The molecule has 1 aromatic rings. The number of carbonyl (C=O) groups is 1. The summed E-state index contributed by atoms with van der Waals surface area (Å²) < 4.78 is 5.31. The van der Waals surface area contributed by atoms with Gasteiger partial charge in [-0.2, -0.15) is 5.26 Å². The van der Waals surface area contributed by atoms with Crippen LogP contribution >= 0.6 is 20.5 Å². The minimum atomic E-state index is 0.213. The van der Waals surface area contributed by atoms with Crippen LogP contribution in [-0.2, 0) is 11.2 Å². The summed E-state index contributed by atoms with van der Waals surface area (Å²) in [6.45, 7) is 3.16. The van der Waals surface area contributed by atoms with Crippen molar-refractivity contribution < 1.29 is 9.53 Å². The Hall–Kier alpha value is -1.40. The molecule has 3 unspecified atom stereocenters. The van der Waals surface area contributed by atoms with Crippen LogP contribution in [0.5, 0.6) is 5.75 Å². The van der Waals surface area contributed by atoms with Crippen molar-refractivity contribution in [2.45, 2.75) is 45.1 Å². The van der Waals surface area contributed by atoms with E-state index in [4.69, 9.17) is 16.3 Å². The van der Waals surface area contributed by atoms with Gasteiger partial charge in [-0.15, -0.1) is 8.86 Å². The minimum absolute atomic E-state index is 0.213. The maximum absolute atomic E-state index is 11.5. The van der Waals surface area contributed by atoms with Gasteiger partial charge in [0.2, 0.25) is 0 Å². The number of nitrogens with zero attached hydrogens (tertiary/aromatic N) is 2. The third kappa shape index (κ3) is 3.92. The summed E-state index contributed by atoms with van der Waals surface area (Å²) in [5, 5.41) is 9.97. The first-order chi connectivity index (χ1) is 13.0. The standard InChI is InChI=1S/C21H26ClN2O2P/c1-13-16-5-3-4-15(12-25)17(16)8-9-24(13)20(27)10-18-14(11-23)6-7-19(26-2)21(18)22/h6-7,12-13,15-17,27H,3-5,8-10H2,1-2H3/t13?,15?,16-,17?/m1/s1. The van der Waals surface area contributed by atoms with Crippen molar-refractivity contribution in [1.29, 1.82) is 5.26 Å². The SMILES string of the molecule is COc1ccc(C#N)c(CC(=P)N2CCC3C(C=O)CCC[C@@H]3C2C)c1Cl. The predicted molar refractivity (Wildman–Crippen MR) is 111 cm³/mol. The molecular weight excluding hydrogens is 379 g/mol. The number of fused-ring (bicyclic) bond motifs is 1. The van der Waals surface area contributed by atoms with Crippen LogP contribution < -0.4 is 4.74 Å². The van der Waals surface area contributed by atoms with E-state index >= 15 is 0 Å². The molecule has 1 aliphatic carbocycles. The molecule has 1 aromatic carbocycles. The van der Waals surface area contributed by atoms with Gasteiger partial charge in [0.15, 0.2) is 0 Å². The molecule has 1 aliphatic heterocycles. The second kappa shape index (κ2) is 8.74. The van der Waals surface area contributed by atoms with Crippen molar-refractivity contribution in [1.82, 2.24) is 4.90 Å². The normalized spacial score (nSPS) is 28.1. The molecule has 1 saturated carbocycles. The number of methoxy groups -OCH3 is 1. The zero-order chi connectivity index (χ0) is 19.6. The Morgan fingerprint density at radius 2 is 2.19 bits per heavy atom. The first-order valence-corrected chi connectivity index (χ1v) is 10.4. The van der Waals surface area contributed by atoms with Gasteiger partial charge in [0.1, 0.15) is 12.0 Å². The van der Waals surface area contributed by atoms with Crippen molar-refractivity contribution in [2.75, 3.05) is 13.7 Å². The van der Waals surface area contributed by atoms with E-state index in [0.29, 0.717) is 40.6 Å². The molecule has 0 amide bonds. The highest BCUT2D eigenvalue weighted by atomic mass is 35.5. The lowest BCUT2D eigenvalue weighted by Crippen LogP contribution is -2.52. The number of piperidine rings is 1. The smallest absolute Gasteiger partial charge is 0.137 e. The largest absolute Gasteiger partial charge is 0.495 e. The molecule has 3 rings (SSSR count). The highest BCUT2D eigenvalue weighted by molar-refractivity contribution is 7.20. The number of halogens is 1. The van der Waals surface area contributed by atoms with Crippen molar-refractivity contribution in [3.63, 3.8) is 0 Å². The molecule has 4 atom stereocenters. The molecule has 144 valence electrons. The van der Waals surface area contributed by atoms with Gasteiger partial charge in [0.25, 0.3) is 0 Å². The number of nitriles is 1. The van der Waals surface area contributed by atoms with Gasteiger partial charge < -0.3 is 9.53 Å². The summed E-state index contributed by atoms with van der Waals surface area (Å²) in [5.41, 5.74) is 2.38. The maximum Gasteiger partial charge on any atom is 0.137 e. The number of rotatable bonds is 5. The van der Waals surface area contributed by atoms with Crippen molar-refractivity contribution >= 4 is 32.2 Å². The molecule has 1 saturated heterocycles. The molecule has 4 nitrogen and oxygen atoms in total. The van der Waals surface area contributed by atoms with Crippen LogP contribution in [0.2, 0.25) is 5.02 Å². The topological polar surface area (TPSA) is 53.3 Å². The lowest BCUT2D eigenvalue weighted by atomic mass is 9.66. The summed E-state index contributed by atoms with van der Waals surface area (Å²) in [4.78, 5) is 13.8. The monoisotopic (exact) mass is 404 g/mol. The first-order valence-electron chi connectivity index (χ1n) is 9.56. The Balaban J connectivity index is 1.80. The van der Waals surface area contributed by atoms with E-state index in [-0.39, 0.29) is 5.92 Å². The second-order valence-corrected chi connectivity index (χ2v) is 8.58. The van der Waals surface area contributed by atoms with Crippen LogP contribution in [0.3, 0.4) is 0 Å². The Bertz CT molecular complexity index is 776. The summed E-state index contributed by atoms with van der Waals surface area (Å²) >= 11 is 6.49. The number of ether oxygens (including phenoxy) is 1. The number of aldehydes is 1. The Morgan fingerprint density at radius 1 is 1.41 bits per heavy atom. The summed E-state index contributed by atoms with van der Waals surface area (Å²) in [5.74, 6) is 1.82. The van der Waals surface area contributed by atoms with E-state index in [1.165, 1.54) is 12.7 Å². The Morgan fingerprint density at radius 3 is 2.85 bits per heavy atom. The molecular formula is C21H26ClN2O2P. The van der Waals surface area contributed by atoms with Crippen LogP contribution in [0.4, 0.5) is 0 Å². The van der Waals surface area contributed by atoms with Crippen LogP contribution in [0.15, 0.2) is 12.1 Å². The summed E-state index contributed by atoms with van der Waals surface area (Å²) in [6, 6.07) is 6.07. The molecule has 0 aromatic heterocycles. The zero-order valence-corrected chi connectivity index (χ0v) is 17.6. The summed E-state index contributed by atoms with van der Waals surface area (Å²) in [6.07, 6.45) is 6.09. The summed E-state index contributed by atoms with van der Waals surface area (Å²) in [7, 11) is 5.41. The van der Waals surface area contributed by atoms with Gasteiger partial charge in [-0.3, -0.25) is 4.90 Å². The van der Waals surface area contributed by atoms with Crippen LogP contribution in [0.25, 0.3) is 0 Å². The third-order valence-corrected chi connectivity index (χ3v) is 7.28. The van der Waals surface area contributed by atoms with Gasteiger partial charge in [-0.1, -0.05) is 18.0 Å². The molecule has 0 spiro atoms. The molecule has 2 aliphatic rings. The van der Waals surface area contributed by atoms with Gasteiger partial charge in [-0.05, 0) is 55.7 Å². The molecule has 1 heterocycles. The average Bonchev–Trinajstić information content (AvgIpc) is 2.69. The van der Waals surface area contributed by atoms with E-state index < -0.39 is 0 Å². The fourth-order valence-corrected chi connectivity index (χ4v) is 5.74. The van der Waals surface area contributed by atoms with Gasteiger partial charge in [0.05, 0.1) is 23.8 Å². The van der Waals surface area contributed by atoms with Crippen LogP contribution in [-0.4, -0.2) is 36.3 Å². The lowest BCUT2D eigenvalue weighted by Gasteiger charge is -2.48. The van der Waals surface area contributed by atoms with E-state index in [0.717, 1.165) is 36.8 Å². The predicted octanol–water partition coefficient (Wildman–Crippen LogP) is 4.36. The van der Waals surface area contributed by atoms with Crippen molar-refractivity contribution in [3.05, 3.63) is 28.3 Å². The average molecular weight is 405 g/mol. The molecule has 27 heavy (non-hydrogen) atoms. The number of carbonyl (C=O) groups excluding carboxylic acids is 1. The zero-order valence-electron chi connectivity index (χ0n) is 15.9. The van der Waals surface area contributed by atoms with Crippen molar-refractivity contribution in [2.24, 2.45) is 17.8 Å². The van der Waals surface area contributed by atoms with E-state index in [1.807, 2.05) is 0 Å². The molecule has 0 radical (unpaired) electrons. The van der Waals surface area contributed by atoms with E-state index in [2.05, 4.69) is 26.8 Å². The third-order valence-electron chi connectivity index (χ3n) is 6.40. The maximum atomic E-state index is 11.5. The Kier molecular flexibility index (Phi) is 6.58. The van der Waals surface area contributed by atoms with Crippen LogP contribution in [0.1, 0.15) is 43.7 Å². The highest BCUT2D eigenvalue weighted by Gasteiger charge is 2.42. The van der Waals surface area contributed by atoms with Crippen LogP contribution in [0, 0.1) is 29.1 Å². The second-order valence-electron chi connectivity index (χ2n) is 7.62. The number of hydrogen-bond acceptors (Lipinski definition) is 3. The quantitative estimate of drug-likeness (QED) is 0.540. The highest BCUT2D eigenvalue weighted by Crippen LogP contribution is 2.43. The minimum Gasteiger partial charge on any atom is -0.495 e. The van der Waals surface area contributed by atoms with Gasteiger partial charge in [-0.25, -0.2) is 0 Å². The molecule has 0 bridgehead atoms. The van der Waals surface area contributed by atoms with Gasteiger partial charge >= 0.3 is 0 Å². The number of hydrogen-bond donors (Lipinski definition) is 0. The fraction of sp³-hybridized carbons (Fsp3) is 0.571. The van der Waals surface area contributed by atoms with Crippen molar-refractivity contribution in [3.8, 4) is 11.8 Å². The fourth-order valence-electron chi connectivity index (χ4n) is 4.94. The molecule has 6 heteroatoms. The number of benzene rings is 1. The molecule has 2 fully saturated rings. The number of likely N-dealkylation sites (tertiary alicyclic amines) is 1. The first kappa shape index (κ1) is 20.3. The van der Waals surface area contributed by atoms with E-state index in [9.17, 15) is 10.1 Å². The van der Waals surface area contributed by atoms with Gasteiger partial charge in [0, 0.05) is 30.3 Å².